The van der Waals surface area contributed by atoms with E-state index in [2.05, 4.69) is 4.98 Å². The zero-order chi connectivity index (χ0) is 30.6. The van der Waals surface area contributed by atoms with Gasteiger partial charge in [-0.05, 0) is 96.8 Å². The van der Waals surface area contributed by atoms with E-state index in [0.717, 1.165) is 30.5 Å². The third kappa shape index (κ3) is 7.27. The molecule has 0 aliphatic carbocycles. The number of carbonyl (C=O) groups excluding carboxylic acids is 2. The summed E-state index contributed by atoms with van der Waals surface area (Å²) in [5.41, 5.74) is -0.0802. The Hall–Kier alpha value is -4.28. The van der Waals surface area contributed by atoms with Crippen molar-refractivity contribution in [2.75, 3.05) is 0 Å². The van der Waals surface area contributed by atoms with E-state index >= 15 is 0 Å². The van der Waals surface area contributed by atoms with Gasteiger partial charge in [-0.25, -0.2) is 8.78 Å². The first-order valence-corrected chi connectivity index (χ1v) is 13.4. The van der Waals surface area contributed by atoms with E-state index in [1.807, 2.05) is 55.4 Å². The zero-order valence-electron chi connectivity index (χ0n) is 24.5. The average molecular weight is 571 g/mol. The molecule has 0 radical (unpaired) electrons. The van der Waals surface area contributed by atoms with Crippen LogP contribution in [0, 0.1) is 16.8 Å². The summed E-state index contributed by atoms with van der Waals surface area (Å²) < 4.78 is 40.0. The lowest BCUT2D eigenvalue weighted by Gasteiger charge is -2.31. The van der Waals surface area contributed by atoms with E-state index in [0.29, 0.717) is 0 Å². The van der Waals surface area contributed by atoms with Crippen LogP contribution in [-0.4, -0.2) is 50.8 Å². The van der Waals surface area contributed by atoms with E-state index in [4.69, 9.17) is 9.47 Å². The highest BCUT2D eigenvalue weighted by Gasteiger charge is 2.28. The number of aromatic nitrogens is 2. The van der Waals surface area contributed by atoms with Crippen molar-refractivity contribution >= 4 is 11.8 Å². The summed E-state index contributed by atoms with van der Waals surface area (Å²) in [5, 5.41) is 12.8. The van der Waals surface area contributed by atoms with Crippen molar-refractivity contribution in [1.29, 1.82) is 0 Å². The minimum atomic E-state index is -0.641. The van der Waals surface area contributed by atoms with E-state index < -0.39 is 29.5 Å². The van der Waals surface area contributed by atoms with Gasteiger partial charge in [0.25, 0.3) is 11.8 Å². The van der Waals surface area contributed by atoms with Gasteiger partial charge >= 0.3 is 6.01 Å². The van der Waals surface area contributed by atoms with Crippen LogP contribution in [0.15, 0.2) is 48.8 Å². The first kappa shape index (κ1) is 31.3. The summed E-state index contributed by atoms with van der Waals surface area (Å²) in [4.78, 5) is 33.7. The number of carbonyl (C=O) groups is 2. The van der Waals surface area contributed by atoms with Gasteiger partial charge in [0.15, 0.2) is 6.20 Å². The summed E-state index contributed by atoms with van der Waals surface area (Å²) in [6.45, 7) is 14.8. The summed E-state index contributed by atoms with van der Waals surface area (Å²) in [5.74, 6) is -2.22. The number of halogens is 2. The third-order valence-corrected chi connectivity index (χ3v) is 6.20. The van der Waals surface area contributed by atoms with Crippen molar-refractivity contribution in [2.24, 2.45) is 0 Å². The van der Waals surface area contributed by atoms with Crippen molar-refractivity contribution in [3.8, 4) is 23.3 Å². The number of hydrogen-bond donors (Lipinski definition) is 0. The lowest BCUT2D eigenvalue weighted by molar-refractivity contribution is -0.615. The van der Waals surface area contributed by atoms with E-state index in [1.165, 1.54) is 18.3 Å². The highest BCUT2D eigenvalue weighted by atomic mass is 19.1. The molecule has 0 N–H and O–H groups in total. The van der Waals surface area contributed by atoms with E-state index in [-0.39, 0.29) is 57.3 Å². The van der Waals surface area contributed by atoms with Crippen molar-refractivity contribution in [3.63, 3.8) is 0 Å². The molecule has 1 aromatic heterocycles. The largest absolute Gasteiger partial charge is 0.708 e. The molecule has 0 aliphatic rings. The molecule has 0 bridgehead atoms. The SMILES string of the molecule is CC(C)N(C(=O)c1cc(F)ccc1Oc1cnc(Oc2ccc(F)cc2C(=O)N(C(C)C)C(C)C)[n+]([O-])c1)C(C)C. The van der Waals surface area contributed by atoms with Crippen LogP contribution < -0.4 is 14.2 Å². The van der Waals surface area contributed by atoms with Gasteiger partial charge in [0.1, 0.15) is 29.3 Å². The van der Waals surface area contributed by atoms with Gasteiger partial charge in [0.05, 0.1) is 11.1 Å². The van der Waals surface area contributed by atoms with Crippen LogP contribution in [0.25, 0.3) is 0 Å². The molecule has 0 aliphatic heterocycles. The fraction of sp³-hybridized carbons (Fsp3) is 0.400. The predicted octanol–water partition coefficient (Wildman–Crippen LogP) is 6.10. The molecule has 9 nitrogen and oxygen atoms in total. The van der Waals surface area contributed by atoms with Gasteiger partial charge < -0.3 is 24.5 Å². The number of nitrogens with zero attached hydrogens (tertiary/aromatic N) is 4. The maximum Gasteiger partial charge on any atom is 0.507 e. The first-order valence-electron chi connectivity index (χ1n) is 13.4. The van der Waals surface area contributed by atoms with Crippen molar-refractivity contribution in [3.05, 3.63) is 76.8 Å². The molecule has 0 unspecified atom stereocenters. The van der Waals surface area contributed by atoms with Crippen LogP contribution in [0.3, 0.4) is 0 Å². The predicted molar refractivity (Wildman–Crippen MR) is 149 cm³/mol. The molecular formula is C30H36F2N4O5. The maximum atomic E-state index is 14.1. The monoisotopic (exact) mass is 570 g/mol. The minimum absolute atomic E-state index is 0.0144. The maximum absolute atomic E-state index is 14.1. The Balaban J connectivity index is 1.92. The Morgan fingerprint density at radius 1 is 0.756 bits per heavy atom. The van der Waals surface area contributed by atoms with Gasteiger partial charge in [0.2, 0.25) is 5.75 Å². The molecule has 3 aromatic rings. The molecular weight excluding hydrogens is 534 g/mol. The Morgan fingerprint density at radius 2 is 1.17 bits per heavy atom. The molecule has 41 heavy (non-hydrogen) atoms. The molecule has 11 heteroatoms. The Kier molecular flexibility index (Phi) is 9.85. The summed E-state index contributed by atoms with van der Waals surface area (Å²) in [6.07, 6.45) is 2.20. The fourth-order valence-corrected chi connectivity index (χ4v) is 4.65. The number of amides is 2. The van der Waals surface area contributed by atoms with Gasteiger partial charge in [-0.3, -0.25) is 9.59 Å². The Labute approximate surface area is 238 Å². The second-order valence-corrected chi connectivity index (χ2v) is 10.7. The highest BCUT2D eigenvalue weighted by Crippen LogP contribution is 2.30. The zero-order valence-corrected chi connectivity index (χ0v) is 24.5. The van der Waals surface area contributed by atoms with Crippen LogP contribution in [0.1, 0.15) is 76.1 Å². The third-order valence-electron chi connectivity index (χ3n) is 6.20. The van der Waals surface area contributed by atoms with Crippen LogP contribution in [-0.2, 0) is 0 Å². The average Bonchev–Trinajstić information content (AvgIpc) is 2.86. The molecule has 3 rings (SSSR count). The first-order chi connectivity index (χ1) is 19.2. The standard InChI is InChI=1S/C30H36F2N4O5/c1-17(2)35(18(3)4)28(37)24-13-21(31)9-11-26(24)40-23-15-33-30(34(39)16-23)41-27-12-10-22(32)14-25(27)29(38)36(19(5)6)20(7)8/h9-20H,1-8H3. The molecule has 0 saturated carbocycles. The van der Waals surface area contributed by atoms with E-state index in [9.17, 15) is 23.6 Å². The molecule has 2 amide bonds. The Bertz CT molecular complexity index is 1400. The molecule has 0 atom stereocenters. The molecule has 0 spiro atoms. The molecule has 0 fully saturated rings. The van der Waals surface area contributed by atoms with Gasteiger partial charge in [-0.15, -0.1) is 0 Å². The molecule has 0 saturated heterocycles. The van der Waals surface area contributed by atoms with Crippen molar-refractivity contribution < 1.29 is 32.6 Å². The number of hydrogen-bond acceptors (Lipinski definition) is 6. The van der Waals surface area contributed by atoms with Crippen LogP contribution in [0.4, 0.5) is 8.78 Å². The van der Waals surface area contributed by atoms with Crippen LogP contribution in [0.5, 0.6) is 23.3 Å². The van der Waals surface area contributed by atoms with Gasteiger partial charge in [-0.2, -0.15) is 4.73 Å². The van der Waals surface area contributed by atoms with Crippen LogP contribution >= 0.6 is 0 Å². The summed E-state index contributed by atoms with van der Waals surface area (Å²) in [6, 6.07) is 5.83. The second kappa shape index (κ2) is 12.9. The van der Waals surface area contributed by atoms with Crippen molar-refractivity contribution in [2.45, 2.75) is 79.6 Å². The van der Waals surface area contributed by atoms with E-state index in [1.54, 1.807) is 9.80 Å². The minimum Gasteiger partial charge on any atom is -0.708 e. The van der Waals surface area contributed by atoms with Crippen molar-refractivity contribution in [1.82, 2.24) is 14.8 Å². The number of benzene rings is 2. The smallest absolute Gasteiger partial charge is 0.507 e. The topological polar surface area (TPSA) is 98.9 Å². The Morgan fingerprint density at radius 3 is 1.56 bits per heavy atom. The molecule has 1 heterocycles. The molecule has 2 aromatic carbocycles. The molecule has 220 valence electrons. The lowest BCUT2D eigenvalue weighted by Crippen LogP contribution is -2.42. The quantitative estimate of drug-likeness (QED) is 0.216. The summed E-state index contributed by atoms with van der Waals surface area (Å²) in [7, 11) is 0. The second-order valence-electron chi connectivity index (χ2n) is 10.7. The van der Waals surface area contributed by atoms with Crippen LogP contribution in [0.2, 0.25) is 0 Å². The highest BCUT2D eigenvalue weighted by molar-refractivity contribution is 5.98. The van der Waals surface area contributed by atoms with Gasteiger partial charge in [0, 0.05) is 24.2 Å². The lowest BCUT2D eigenvalue weighted by atomic mass is 10.1. The normalized spacial score (nSPS) is 11.4. The summed E-state index contributed by atoms with van der Waals surface area (Å²) >= 11 is 0. The fourth-order valence-electron chi connectivity index (χ4n) is 4.65. The number of ether oxygens (including phenoxy) is 2. The number of rotatable bonds is 10. The van der Waals surface area contributed by atoms with Gasteiger partial charge in [-0.1, -0.05) is 0 Å².